The van der Waals surface area contributed by atoms with Crippen molar-refractivity contribution in [2.45, 2.75) is 51.6 Å². The first kappa shape index (κ1) is 15.1. The van der Waals surface area contributed by atoms with Crippen molar-refractivity contribution in [2.24, 2.45) is 0 Å². The van der Waals surface area contributed by atoms with Crippen LogP contribution in [0, 0.1) is 5.82 Å². The predicted molar refractivity (Wildman–Crippen MR) is 80.9 cm³/mol. The zero-order chi connectivity index (χ0) is 14.4. The van der Waals surface area contributed by atoms with Gasteiger partial charge in [-0.3, -0.25) is 0 Å². The minimum absolute atomic E-state index is 0.263. The summed E-state index contributed by atoms with van der Waals surface area (Å²) in [6, 6.07) is 5.58. The average Bonchev–Trinajstić information content (AvgIpc) is 2.43. The first-order valence-electron chi connectivity index (χ1n) is 7.61. The summed E-state index contributed by atoms with van der Waals surface area (Å²) in [7, 11) is 0. The first-order chi connectivity index (χ1) is 9.69. The van der Waals surface area contributed by atoms with E-state index in [1.54, 1.807) is 6.07 Å². The molecular weight excluding hydrogens is 255 g/mol. The molecule has 3 nitrogen and oxygen atoms in total. The van der Waals surface area contributed by atoms with Gasteiger partial charge in [0.05, 0.1) is 12.3 Å². The van der Waals surface area contributed by atoms with Crippen LogP contribution in [0.4, 0.5) is 10.1 Å². The van der Waals surface area contributed by atoms with E-state index in [4.69, 9.17) is 4.74 Å². The van der Waals surface area contributed by atoms with Crippen molar-refractivity contribution >= 4 is 5.69 Å². The highest BCUT2D eigenvalue weighted by atomic mass is 19.1. The number of anilines is 1. The molecule has 2 N–H and O–H groups in total. The number of hydrogen-bond acceptors (Lipinski definition) is 3. The van der Waals surface area contributed by atoms with Gasteiger partial charge in [-0.1, -0.05) is 6.42 Å². The molecule has 0 aromatic heterocycles. The molecule has 0 amide bonds. The fraction of sp³-hybridized carbons (Fsp3) is 0.625. The molecule has 4 heteroatoms. The van der Waals surface area contributed by atoms with Gasteiger partial charge in [-0.25, -0.2) is 4.39 Å². The lowest BCUT2D eigenvalue weighted by Crippen LogP contribution is -2.37. The van der Waals surface area contributed by atoms with Gasteiger partial charge >= 0.3 is 0 Å². The maximum atomic E-state index is 13.3. The summed E-state index contributed by atoms with van der Waals surface area (Å²) in [6.45, 7) is 5.73. The third-order valence-corrected chi connectivity index (χ3v) is 3.70. The highest BCUT2D eigenvalue weighted by Crippen LogP contribution is 2.27. The molecule has 2 unspecified atom stereocenters. The van der Waals surface area contributed by atoms with Crippen LogP contribution in [0.25, 0.3) is 0 Å². The minimum atomic E-state index is -0.263. The molecule has 2 rings (SSSR count). The number of benzene rings is 1. The predicted octanol–water partition coefficient (Wildman–Crippen LogP) is 3.56. The second kappa shape index (κ2) is 7.48. The van der Waals surface area contributed by atoms with Gasteiger partial charge in [0.1, 0.15) is 11.6 Å². The summed E-state index contributed by atoms with van der Waals surface area (Å²) in [4.78, 5) is 0. The van der Waals surface area contributed by atoms with Gasteiger partial charge in [-0.15, -0.1) is 0 Å². The zero-order valence-electron chi connectivity index (χ0n) is 12.4. The highest BCUT2D eigenvalue weighted by molar-refractivity contribution is 5.57. The summed E-state index contributed by atoms with van der Waals surface area (Å²) in [5.74, 6) is 0.330. The van der Waals surface area contributed by atoms with E-state index in [2.05, 4.69) is 17.6 Å². The Labute approximate surface area is 120 Å². The van der Waals surface area contributed by atoms with Crippen molar-refractivity contribution in [3.8, 4) is 5.75 Å². The Morgan fingerprint density at radius 1 is 1.45 bits per heavy atom. The van der Waals surface area contributed by atoms with E-state index >= 15 is 0 Å². The molecule has 1 aliphatic heterocycles. The Hall–Kier alpha value is -1.29. The maximum Gasteiger partial charge on any atom is 0.145 e. The van der Waals surface area contributed by atoms with E-state index in [1.807, 2.05) is 6.92 Å². The van der Waals surface area contributed by atoms with Crippen molar-refractivity contribution in [3.05, 3.63) is 24.0 Å². The van der Waals surface area contributed by atoms with Crippen LogP contribution >= 0.6 is 0 Å². The Morgan fingerprint density at radius 3 is 3.00 bits per heavy atom. The largest absolute Gasteiger partial charge is 0.492 e. The van der Waals surface area contributed by atoms with Crippen LogP contribution in [0.5, 0.6) is 5.75 Å². The minimum Gasteiger partial charge on any atom is -0.492 e. The molecule has 112 valence electrons. The van der Waals surface area contributed by atoms with Gasteiger partial charge in [-0.05, 0) is 51.8 Å². The fourth-order valence-electron chi connectivity index (χ4n) is 2.77. The summed E-state index contributed by atoms with van der Waals surface area (Å²) >= 11 is 0. The van der Waals surface area contributed by atoms with E-state index in [9.17, 15) is 4.39 Å². The lowest BCUT2D eigenvalue weighted by Gasteiger charge is -2.27. The van der Waals surface area contributed by atoms with Gasteiger partial charge in [0.25, 0.3) is 0 Å². The van der Waals surface area contributed by atoms with E-state index in [0.29, 0.717) is 24.4 Å². The van der Waals surface area contributed by atoms with Crippen molar-refractivity contribution in [1.29, 1.82) is 0 Å². The lowest BCUT2D eigenvalue weighted by atomic mass is 9.98. The highest BCUT2D eigenvalue weighted by Gasteiger charge is 2.16. The summed E-state index contributed by atoms with van der Waals surface area (Å²) in [5, 5.41) is 6.99. The van der Waals surface area contributed by atoms with E-state index in [0.717, 1.165) is 18.7 Å². The smallest absolute Gasteiger partial charge is 0.145 e. The molecule has 0 spiro atoms. The molecule has 1 fully saturated rings. The van der Waals surface area contributed by atoms with Crippen LogP contribution in [0.3, 0.4) is 0 Å². The number of halogens is 1. The SMILES string of the molecule is CCOc1cc(F)ccc1NC(C)CC1CCCCN1. The van der Waals surface area contributed by atoms with Crippen LogP contribution in [0.1, 0.15) is 39.5 Å². The van der Waals surface area contributed by atoms with E-state index in [-0.39, 0.29) is 5.82 Å². The van der Waals surface area contributed by atoms with Gasteiger partial charge < -0.3 is 15.4 Å². The summed E-state index contributed by atoms with van der Waals surface area (Å²) in [6.07, 6.45) is 4.91. The van der Waals surface area contributed by atoms with E-state index in [1.165, 1.54) is 31.4 Å². The second-order valence-corrected chi connectivity index (χ2v) is 5.50. The van der Waals surface area contributed by atoms with Crippen molar-refractivity contribution in [3.63, 3.8) is 0 Å². The monoisotopic (exact) mass is 280 g/mol. The topological polar surface area (TPSA) is 33.3 Å². The Bertz CT molecular complexity index is 419. The van der Waals surface area contributed by atoms with Crippen LogP contribution in [-0.4, -0.2) is 25.2 Å². The third-order valence-electron chi connectivity index (χ3n) is 3.70. The molecule has 0 saturated carbocycles. The standard InChI is InChI=1S/C16H25FN2O/c1-3-20-16-11-13(17)7-8-15(16)19-12(2)10-14-6-4-5-9-18-14/h7-8,11-12,14,18-19H,3-6,9-10H2,1-2H3. The lowest BCUT2D eigenvalue weighted by molar-refractivity contribution is 0.338. The molecule has 0 radical (unpaired) electrons. The van der Waals surface area contributed by atoms with Gasteiger partial charge in [0, 0.05) is 18.2 Å². The first-order valence-corrected chi connectivity index (χ1v) is 7.61. The molecular formula is C16H25FN2O. The zero-order valence-corrected chi connectivity index (χ0v) is 12.4. The molecule has 0 bridgehead atoms. The number of ether oxygens (including phenoxy) is 1. The van der Waals surface area contributed by atoms with Crippen molar-refractivity contribution < 1.29 is 9.13 Å². The van der Waals surface area contributed by atoms with Crippen LogP contribution < -0.4 is 15.4 Å². The second-order valence-electron chi connectivity index (χ2n) is 5.50. The molecule has 1 saturated heterocycles. The Kier molecular flexibility index (Phi) is 5.65. The summed E-state index contributed by atoms with van der Waals surface area (Å²) < 4.78 is 18.8. The summed E-state index contributed by atoms with van der Waals surface area (Å²) in [5.41, 5.74) is 0.872. The van der Waals surface area contributed by atoms with Crippen LogP contribution in [0.2, 0.25) is 0 Å². The van der Waals surface area contributed by atoms with Crippen LogP contribution in [0.15, 0.2) is 18.2 Å². The molecule has 0 aliphatic carbocycles. The molecule has 1 aliphatic rings. The van der Waals surface area contributed by atoms with Gasteiger partial charge in [-0.2, -0.15) is 0 Å². The van der Waals surface area contributed by atoms with Gasteiger partial charge in [0.15, 0.2) is 0 Å². The van der Waals surface area contributed by atoms with Crippen LogP contribution in [-0.2, 0) is 0 Å². The average molecular weight is 280 g/mol. The van der Waals surface area contributed by atoms with Gasteiger partial charge in [0.2, 0.25) is 0 Å². The normalized spacial score (nSPS) is 20.4. The Balaban J connectivity index is 1.94. The molecule has 2 atom stereocenters. The molecule has 1 aromatic rings. The number of piperidine rings is 1. The fourth-order valence-corrected chi connectivity index (χ4v) is 2.77. The number of nitrogens with one attached hydrogen (secondary N) is 2. The van der Waals surface area contributed by atoms with Crippen molar-refractivity contribution in [1.82, 2.24) is 5.32 Å². The molecule has 1 aromatic carbocycles. The maximum absolute atomic E-state index is 13.3. The quantitative estimate of drug-likeness (QED) is 0.836. The number of rotatable bonds is 6. The third kappa shape index (κ3) is 4.37. The van der Waals surface area contributed by atoms with E-state index < -0.39 is 0 Å². The molecule has 20 heavy (non-hydrogen) atoms. The molecule has 1 heterocycles. The number of hydrogen-bond donors (Lipinski definition) is 2. The Morgan fingerprint density at radius 2 is 2.30 bits per heavy atom. The van der Waals surface area contributed by atoms with Crippen molar-refractivity contribution in [2.75, 3.05) is 18.5 Å².